The Morgan fingerprint density at radius 2 is 1.81 bits per heavy atom. The molecule has 0 fully saturated rings. The molecule has 0 bridgehead atoms. The van der Waals surface area contributed by atoms with E-state index < -0.39 is 5.97 Å². The van der Waals surface area contributed by atoms with Crippen molar-refractivity contribution in [2.24, 2.45) is 5.92 Å². The third-order valence-electron chi connectivity index (χ3n) is 3.66. The summed E-state index contributed by atoms with van der Waals surface area (Å²) in [7, 11) is 1.79. The highest BCUT2D eigenvalue weighted by Crippen LogP contribution is 2.16. The first-order valence-corrected chi connectivity index (χ1v) is 7.02. The number of benzene rings is 1. The number of carbonyl (C=O) groups is 2. The molecule has 114 valence electrons. The van der Waals surface area contributed by atoms with E-state index in [1.54, 1.807) is 18.0 Å². The van der Waals surface area contributed by atoms with Crippen LogP contribution in [0.1, 0.15) is 42.3 Å². The van der Waals surface area contributed by atoms with Crippen molar-refractivity contribution < 1.29 is 14.7 Å². The van der Waals surface area contributed by atoms with E-state index in [0.29, 0.717) is 17.0 Å². The van der Waals surface area contributed by atoms with Gasteiger partial charge in [-0.25, -0.2) is 4.79 Å². The summed E-state index contributed by atoms with van der Waals surface area (Å²) in [4.78, 5) is 24.8. The molecule has 1 aromatic carbocycles. The van der Waals surface area contributed by atoms with Crippen molar-refractivity contribution in [3.05, 3.63) is 41.0 Å². The largest absolute Gasteiger partial charge is 0.478 e. The fourth-order valence-electron chi connectivity index (χ4n) is 2.04. The van der Waals surface area contributed by atoms with Crippen LogP contribution in [-0.2, 0) is 4.79 Å². The van der Waals surface area contributed by atoms with Crippen molar-refractivity contribution in [1.29, 1.82) is 0 Å². The number of carboxylic acid groups (broad SMARTS) is 1. The van der Waals surface area contributed by atoms with Crippen LogP contribution in [0.4, 0.5) is 0 Å². The molecule has 0 saturated heterocycles. The molecule has 0 heterocycles. The molecule has 0 saturated carbocycles. The summed E-state index contributed by atoms with van der Waals surface area (Å²) >= 11 is 0. The number of hydrogen-bond acceptors (Lipinski definition) is 2. The van der Waals surface area contributed by atoms with Crippen LogP contribution in [0, 0.1) is 12.8 Å². The molecule has 1 atom stereocenters. The Morgan fingerprint density at radius 1 is 1.19 bits per heavy atom. The van der Waals surface area contributed by atoms with E-state index in [-0.39, 0.29) is 11.9 Å². The topological polar surface area (TPSA) is 57.6 Å². The van der Waals surface area contributed by atoms with E-state index in [1.165, 1.54) is 6.08 Å². The molecular weight excluding hydrogens is 266 g/mol. The van der Waals surface area contributed by atoms with Gasteiger partial charge in [0.1, 0.15) is 0 Å². The van der Waals surface area contributed by atoms with E-state index in [9.17, 15) is 9.59 Å². The molecule has 4 nitrogen and oxygen atoms in total. The normalized spacial score (nSPS) is 12.7. The second-order valence-electron chi connectivity index (χ2n) is 5.70. The molecule has 0 radical (unpaired) electrons. The second-order valence-corrected chi connectivity index (χ2v) is 5.70. The lowest BCUT2D eigenvalue weighted by Crippen LogP contribution is -2.38. The van der Waals surface area contributed by atoms with E-state index in [0.717, 1.165) is 11.6 Å². The Kier molecular flexibility index (Phi) is 5.70. The molecule has 0 aromatic heterocycles. The lowest BCUT2D eigenvalue weighted by molar-refractivity contribution is -0.131. The monoisotopic (exact) mass is 289 g/mol. The molecule has 0 aliphatic carbocycles. The van der Waals surface area contributed by atoms with E-state index in [2.05, 4.69) is 13.8 Å². The van der Waals surface area contributed by atoms with Crippen molar-refractivity contribution >= 4 is 18.0 Å². The third-order valence-corrected chi connectivity index (χ3v) is 3.66. The molecule has 21 heavy (non-hydrogen) atoms. The van der Waals surface area contributed by atoms with Gasteiger partial charge in [0.15, 0.2) is 0 Å². The average Bonchev–Trinajstić information content (AvgIpc) is 2.41. The summed E-state index contributed by atoms with van der Waals surface area (Å²) < 4.78 is 0. The van der Waals surface area contributed by atoms with Gasteiger partial charge in [-0.1, -0.05) is 19.9 Å². The molecule has 1 N–H and O–H groups in total. The van der Waals surface area contributed by atoms with Gasteiger partial charge >= 0.3 is 5.97 Å². The minimum atomic E-state index is -1.00. The first-order valence-electron chi connectivity index (χ1n) is 7.02. The van der Waals surface area contributed by atoms with Gasteiger partial charge in [0, 0.05) is 24.7 Å². The van der Waals surface area contributed by atoms with Gasteiger partial charge in [-0.05, 0) is 49.1 Å². The van der Waals surface area contributed by atoms with Gasteiger partial charge in [-0.2, -0.15) is 0 Å². The summed E-state index contributed by atoms with van der Waals surface area (Å²) in [6.45, 7) is 8.06. The molecule has 1 unspecified atom stereocenters. The summed E-state index contributed by atoms with van der Waals surface area (Å²) in [5, 5.41) is 8.68. The highest BCUT2D eigenvalue weighted by Gasteiger charge is 2.20. The fourth-order valence-corrected chi connectivity index (χ4v) is 2.04. The molecule has 1 aromatic rings. The number of amides is 1. The predicted octanol–water partition coefficient (Wildman–Crippen LogP) is 3.21. The van der Waals surface area contributed by atoms with Crippen LogP contribution in [0.25, 0.3) is 6.08 Å². The number of aryl methyl sites for hydroxylation is 1. The highest BCUT2D eigenvalue weighted by molar-refractivity contribution is 5.95. The molecule has 1 rings (SSSR count). The molecule has 4 heteroatoms. The van der Waals surface area contributed by atoms with E-state index in [1.807, 2.05) is 26.0 Å². The lowest BCUT2D eigenvalue weighted by Gasteiger charge is -2.28. The number of carboxylic acids is 1. The SMILES string of the molecule is Cc1cc(/C=C/C(=O)O)cc(C(=O)N(C)C(C)C(C)C)c1. The Bertz CT molecular complexity index is 561. The Morgan fingerprint density at radius 3 is 2.33 bits per heavy atom. The van der Waals surface area contributed by atoms with Crippen molar-refractivity contribution in [2.75, 3.05) is 7.05 Å². The third kappa shape index (κ3) is 4.74. The Hall–Kier alpha value is -2.10. The molecule has 1 amide bonds. The first-order chi connectivity index (χ1) is 9.72. The van der Waals surface area contributed by atoms with Gasteiger partial charge in [0.2, 0.25) is 0 Å². The average molecular weight is 289 g/mol. The molecule has 0 aliphatic rings. The summed E-state index contributed by atoms with van der Waals surface area (Å²) in [6.07, 6.45) is 2.57. The minimum absolute atomic E-state index is 0.0510. The van der Waals surface area contributed by atoms with Gasteiger partial charge in [0.25, 0.3) is 5.91 Å². The first kappa shape index (κ1) is 17.0. The fraction of sp³-hybridized carbons (Fsp3) is 0.412. The van der Waals surface area contributed by atoms with Crippen LogP contribution in [0.5, 0.6) is 0 Å². The lowest BCUT2D eigenvalue weighted by atomic mass is 10.0. The zero-order chi connectivity index (χ0) is 16.2. The number of hydrogen-bond donors (Lipinski definition) is 1. The van der Waals surface area contributed by atoms with Gasteiger partial charge < -0.3 is 10.0 Å². The molecule has 0 aliphatic heterocycles. The van der Waals surface area contributed by atoms with Crippen LogP contribution in [0.15, 0.2) is 24.3 Å². The molecule has 0 spiro atoms. The maximum Gasteiger partial charge on any atom is 0.328 e. The van der Waals surface area contributed by atoms with E-state index in [4.69, 9.17) is 5.11 Å². The summed E-state index contributed by atoms with van der Waals surface area (Å²) in [6, 6.07) is 5.53. The van der Waals surface area contributed by atoms with Crippen molar-refractivity contribution in [3.8, 4) is 0 Å². The summed E-state index contributed by atoms with van der Waals surface area (Å²) in [5.74, 6) is -0.685. The summed E-state index contributed by atoms with van der Waals surface area (Å²) in [5.41, 5.74) is 2.22. The van der Waals surface area contributed by atoms with Crippen LogP contribution >= 0.6 is 0 Å². The van der Waals surface area contributed by atoms with Gasteiger partial charge in [-0.15, -0.1) is 0 Å². The Balaban J connectivity index is 3.07. The smallest absolute Gasteiger partial charge is 0.328 e. The number of nitrogens with zero attached hydrogens (tertiary/aromatic N) is 1. The zero-order valence-corrected chi connectivity index (χ0v) is 13.3. The number of carbonyl (C=O) groups excluding carboxylic acids is 1. The number of aliphatic carboxylic acids is 1. The number of rotatable bonds is 5. The van der Waals surface area contributed by atoms with Gasteiger partial charge in [-0.3, -0.25) is 4.79 Å². The van der Waals surface area contributed by atoms with Gasteiger partial charge in [0.05, 0.1) is 0 Å². The van der Waals surface area contributed by atoms with Crippen molar-refractivity contribution in [1.82, 2.24) is 4.90 Å². The standard InChI is InChI=1S/C17H23NO3/c1-11(2)13(4)18(5)17(21)15-9-12(3)8-14(10-15)6-7-16(19)20/h6-11,13H,1-5H3,(H,19,20)/b7-6+. The Labute approximate surface area is 126 Å². The zero-order valence-electron chi connectivity index (χ0n) is 13.3. The van der Waals surface area contributed by atoms with Crippen molar-refractivity contribution in [3.63, 3.8) is 0 Å². The van der Waals surface area contributed by atoms with Crippen molar-refractivity contribution in [2.45, 2.75) is 33.7 Å². The van der Waals surface area contributed by atoms with Crippen LogP contribution in [-0.4, -0.2) is 35.0 Å². The van der Waals surface area contributed by atoms with Crippen LogP contribution < -0.4 is 0 Å². The molecular formula is C17H23NO3. The van der Waals surface area contributed by atoms with Crippen LogP contribution in [0.2, 0.25) is 0 Å². The highest BCUT2D eigenvalue weighted by atomic mass is 16.4. The predicted molar refractivity (Wildman–Crippen MR) is 84.2 cm³/mol. The maximum atomic E-state index is 12.5. The second kappa shape index (κ2) is 7.07. The maximum absolute atomic E-state index is 12.5. The van der Waals surface area contributed by atoms with Crippen LogP contribution in [0.3, 0.4) is 0 Å². The minimum Gasteiger partial charge on any atom is -0.478 e. The quantitative estimate of drug-likeness (QED) is 0.847. The van der Waals surface area contributed by atoms with E-state index >= 15 is 0 Å².